The normalized spacial score (nSPS) is 18.9. The van der Waals surface area contributed by atoms with Crippen molar-refractivity contribution in [3.8, 4) is 0 Å². The van der Waals surface area contributed by atoms with Gasteiger partial charge in [0.25, 0.3) is 0 Å². The summed E-state index contributed by atoms with van der Waals surface area (Å²) in [6, 6.07) is 13.8. The molecule has 3 heteroatoms. The smallest absolute Gasteiger partial charge is 0.147 e. The molecule has 0 aromatic heterocycles. The van der Waals surface area contributed by atoms with Crippen molar-refractivity contribution in [1.29, 1.82) is 0 Å². The van der Waals surface area contributed by atoms with Crippen LogP contribution in [0.5, 0.6) is 0 Å². The third-order valence-electron chi connectivity index (χ3n) is 6.19. The molecule has 0 nitrogen and oxygen atoms in total. The fourth-order valence-corrected chi connectivity index (χ4v) is 10.9. The molecule has 0 aliphatic heterocycles. The van der Waals surface area contributed by atoms with Gasteiger partial charge in [-0.05, 0) is 0 Å². The van der Waals surface area contributed by atoms with Gasteiger partial charge in [0.2, 0.25) is 0 Å². The predicted molar refractivity (Wildman–Crippen MR) is 126 cm³/mol. The summed E-state index contributed by atoms with van der Waals surface area (Å²) in [5, 5.41) is 0. The van der Waals surface area contributed by atoms with Gasteiger partial charge in [0.1, 0.15) is 0 Å². The van der Waals surface area contributed by atoms with E-state index >= 15 is 0 Å². The number of rotatable bonds is 2. The third-order valence-corrected chi connectivity index (χ3v) is 12.3. The molecule has 2 unspecified atom stereocenters. The van der Waals surface area contributed by atoms with Crippen LogP contribution in [0.2, 0.25) is 0 Å². The third kappa shape index (κ3) is 3.66. The van der Waals surface area contributed by atoms with Crippen molar-refractivity contribution in [3.63, 3.8) is 0 Å². The van der Waals surface area contributed by atoms with E-state index in [0.717, 1.165) is 0 Å². The number of hydrogen-bond acceptors (Lipinski definition) is 0. The average molecular weight is 449 g/mol. The Morgan fingerprint density at radius 2 is 1.07 bits per heavy atom. The first-order valence-corrected chi connectivity index (χ1v) is 12.2. The van der Waals surface area contributed by atoms with E-state index in [1.165, 1.54) is 22.3 Å². The summed E-state index contributed by atoms with van der Waals surface area (Å²) in [7, 11) is 0. The van der Waals surface area contributed by atoms with Crippen LogP contribution in [0.25, 0.3) is 12.2 Å². The monoisotopic (exact) mass is 448 g/mol. The molecule has 0 amide bonds. The van der Waals surface area contributed by atoms with Gasteiger partial charge in [-0.15, -0.1) is 24.8 Å². The van der Waals surface area contributed by atoms with Crippen molar-refractivity contribution in [2.45, 2.75) is 50.0 Å². The van der Waals surface area contributed by atoms with E-state index in [1.54, 1.807) is 26.1 Å². The summed E-state index contributed by atoms with van der Waals surface area (Å²) in [6.45, 7) is 14.0. The van der Waals surface area contributed by atoms with Gasteiger partial charge in [-0.1, -0.05) is 0 Å². The maximum absolute atomic E-state index is 2.47. The van der Waals surface area contributed by atoms with E-state index in [-0.39, 0.29) is 24.8 Å². The van der Waals surface area contributed by atoms with Gasteiger partial charge in [0.15, 0.2) is 0 Å². The van der Waals surface area contributed by atoms with Gasteiger partial charge in [-0.2, -0.15) is 0 Å². The molecule has 0 N–H and O–H groups in total. The Morgan fingerprint density at radius 3 is 1.43 bits per heavy atom. The molecule has 2 aliphatic rings. The van der Waals surface area contributed by atoms with Crippen LogP contribution in [0.3, 0.4) is 0 Å². The Kier molecular flexibility index (Phi) is 7.38. The topological polar surface area (TPSA) is 0 Å². The second kappa shape index (κ2) is 8.84. The first-order chi connectivity index (χ1) is 12.4. The van der Waals surface area contributed by atoms with Crippen LogP contribution >= 0.6 is 24.8 Å². The van der Waals surface area contributed by atoms with Crippen LogP contribution in [0, 0.1) is 13.8 Å². The number of benzene rings is 2. The van der Waals surface area contributed by atoms with Gasteiger partial charge in [-0.3, -0.25) is 0 Å². The minimum absolute atomic E-state index is 0. The zero-order valence-corrected chi connectivity index (χ0v) is 20.8. The summed E-state index contributed by atoms with van der Waals surface area (Å²) < 4.78 is 2.99. The minimum atomic E-state index is -1.62. The van der Waals surface area contributed by atoms with Crippen molar-refractivity contribution in [1.82, 2.24) is 0 Å². The minimum Gasteiger partial charge on any atom is -0.147 e. The number of allylic oxidation sites excluding steroid dienone is 2. The predicted octanol–water partition coefficient (Wildman–Crippen LogP) is 7.59. The average Bonchev–Trinajstić information content (AvgIpc) is 3.09. The fourth-order valence-electron chi connectivity index (χ4n) is 4.99. The maximum atomic E-state index is 2.47. The molecule has 0 saturated carbocycles. The zero-order valence-electron chi connectivity index (χ0n) is 17.6. The molecule has 0 bridgehead atoms. The van der Waals surface area contributed by atoms with Crippen LogP contribution in [0.15, 0.2) is 47.5 Å². The molecule has 2 aromatic rings. The molecule has 2 aromatic carbocycles. The van der Waals surface area contributed by atoms with Gasteiger partial charge in [0, 0.05) is 0 Å². The molecule has 0 fully saturated rings. The Hall–Kier alpha value is -0.916. The Bertz CT molecular complexity index is 932. The summed E-state index contributed by atoms with van der Waals surface area (Å²) >= 11 is -1.62. The molecule has 4 rings (SSSR count). The molecule has 0 radical (unpaired) electrons. The van der Waals surface area contributed by atoms with Gasteiger partial charge in [-0.25, -0.2) is 0 Å². The van der Waals surface area contributed by atoms with E-state index in [9.17, 15) is 0 Å². The van der Waals surface area contributed by atoms with E-state index in [4.69, 9.17) is 0 Å². The molecule has 0 saturated heterocycles. The number of aryl methyl sites for hydroxylation is 2. The Morgan fingerprint density at radius 1 is 0.679 bits per heavy atom. The summed E-state index contributed by atoms with van der Waals surface area (Å²) in [4.78, 5) is 0. The number of fused-ring (bicyclic) bond motifs is 2. The Balaban J connectivity index is 0.00000140. The molecule has 2 atom stereocenters. The Labute approximate surface area is 188 Å². The summed E-state index contributed by atoms with van der Waals surface area (Å²) in [5.74, 6) is 0. The van der Waals surface area contributed by atoms with Crippen LogP contribution in [-0.2, 0) is 17.4 Å². The van der Waals surface area contributed by atoms with Crippen LogP contribution in [0.4, 0.5) is 0 Å². The van der Waals surface area contributed by atoms with Crippen molar-refractivity contribution in [3.05, 3.63) is 80.9 Å². The van der Waals surface area contributed by atoms with Crippen molar-refractivity contribution in [2.24, 2.45) is 0 Å². The molecular weight excluding hydrogens is 419 g/mol. The van der Waals surface area contributed by atoms with Gasteiger partial charge in [0.05, 0.1) is 0 Å². The first-order valence-electron chi connectivity index (χ1n) is 9.62. The molecular formula is C25H30Cl2Ti. The van der Waals surface area contributed by atoms with Crippen molar-refractivity contribution >= 4 is 40.8 Å². The van der Waals surface area contributed by atoms with Gasteiger partial charge < -0.3 is 0 Å². The van der Waals surface area contributed by atoms with Crippen molar-refractivity contribution in [2.75, 3.05) is 0 Å². The van der Waals surface area contributed by atoms with Crippen molar-refractivity contribution < 1.29 is 17.4 Å². The second-order valence-electron chi connectivity index (χ2n) is 8.25. The second-order valence-corrected chi connectivity index (χ2v) is 13.0. The van der Waals surface area contributed by atoms with Gasteiger partial charge >= 0.3 is 164 Å². The molecule has 2 aliphatic carbocycles. The van der Waals surface area contributed by atoms with E-state index in [0.29, 0.717) is 8.45 Å². The molecule has 28 heavy (non-hydrogen) atoms. The van der Waals surface area contributed by atoms with Crippen LogP contribution in [0.1, 0.15) is 69.5 Å². The standard InChI is InChI=1S/2C11H11.C3H6.2ClH.Ti/c2*1-8-6-10-5-3-4-9(2)11(10)7-8;1-3-2;;;/h2*3-7H,1-2H3;1-2H3;2*1H;. The largest absolute Gasteiger partial charge is 0.147 e. The molecule has 0 heterocycles. The van der Waals surface area contributed by atoms with Crippen LogP contribution < -0.4 is 0 Å². The van der Waals surface area contributed by atoms with E-state index in [2.05, 4.69) is 90.1 Å². The SMILES string of the molecule is CC1=Cc2c(C)cccc2[CH]1[Ti](=[C](C)C)[CH]1C(C)=Cc2c(C)cccc21.Cl.Cl. The first kappa shape index (κ1) is 23.4. The van der Waals surface area contributed by atoms with Crippen LogP contribution in [-0.4, -0.2) is 3.81 Å². The zero-order chi connectivity index (χ0) is 18.6. The number of halogens is 2. The quantitative estimate of drug-likeness (QED) is 0.415. The molecule has 148 valence electrons. The van der Waals surface area contributed by atoms with E-state index < -0.39 is 17.4 Å². The summed E-state index contributed by atoms with van der Waals surface area (Å²) in [5.41, 5.74) is 12.2. The fraction of sp³-hybridized carbons (Fsp3) is 0.320. The molecule has 0 spiro atoms. The number of hydrogen-bond donors (Lipinski definition) is 0. The summed E-state index contributed by atoms with van der Waals surface area (Å²) in [6.07, 6.45) is 4.94. The maximum Gasteiger partial charge on any atom is -0.147 e. The van der Waals surface area contributed by atoms with E-state index in [1.807, 2.05) is 0 Å².